The van der Waals surface area contributed by atoms with Gasteiger partial charge in [-0.2, -0.15) is 0 Å². The van der Waals surface area contributed by atoms with Crippen molar-refractivity contribution in [2.24, 2.45) is 23.2 Å². The Balaban J connectivity index is 1.47. The van der Waals surface area contributed by atoms with Gasteiger partial charge in [-0.1, -0.05) is 62.2 Å². The Kier molecular flexibility index (Phi) is 6.12. The zero-order chi connectivity index (χ0) is 20.4. The van der Waals surface area contributed by atoms with E-state index in [1.807, 2.05) is 6.07 Å². The number of likely N-dealkylation sites (tertiary alicyclic amines) is 1. The topological polar surface area (TPSA) is 38.8 Å². The highest BCUT2D eigenvalue weighted by molar-refractivity contribution is 5.71. The zero-order valence-electron chi connectivity index (χ0n) is 18.1. The Morgan fingerprint density at radius 1 is 1.17 bits per heavy atom. The van der Waals surface area contributed by atoms with Crippen LogP contribution in [-0.4, -0.2) is 43.7 Å². The van der Waals surface area contributed by atoms with E-state index in [1.54, 1.807) is 0 Å². The van der Waals surface area contributed by atoms with Crippen molar-refractivity contribution < 1.29 is 14.3 Å². The summed E-state index contributed by atoms with van der Waals surface area (Å²) in [6, 6.07) is 10.5. The first-order valence-electron chi connectivity index (χ1n) is 11.2. The minimum atomic E-state index is -0.146. The molecule has 0 amide bonds. The van der Waals surface area contributed by atoms with Gasteiger partial charge in [-0.25, -0.2) is 0 Å². The summed E-state index contributed by atoms with van der Waals surface area (Å²) < 4.78 is 12.4. The maximum absolute atomic E-state index is 12.6. The molecule has 4 rings (SSSR count). The van der Waals surface area contributed by atoms with Gasteiger partial charge in [0.1, 0.15) is 0 Å². The number of hydrogen-bond acceptors (Lipinski definition) is 4. The molecule has 0 radical (unpaired) electrons. The lowest BCUT2D eigenvalue weighted by molar-refractivity contribution is -0.182. The third-order valence-corrected chi connectivity index (χ3v) is 7.68. The number of fused-ring (bicyclic) bond motifs is 2. The molecule has 1 aromatic carbocycles. The van der Waals surface area contributed by atoms with Crippen LogP contribution in [0.15, 0.2) is 42.0 Å². The van der Waals surface area contributed by atoms with E-state index in [1.165, 1.54) is 30.4 Å². The number of piperidine rings is 1. The molecular formula is C25H35NO3. The summed E-state index contributed by atoms with van der Waals surface area (Å²) in [5, 5.41) is 0. The lowest BCUT2D eigenvalue weighted by Gasteiger charge is -2.55. The number of carbonyl (C=O) groups excluding carboxylic acids is 1. The van der Waals surface area contributed by atoms with Crippen molar-refractivity contribution in [1.29, 1.82) is 0 Å². The number of allylic oxidation sites excluding steroid dienone is 1. The minimum absolute atomic E-state index is 0.0760. The number of hydrogen-bond donors (Lipinski definition) is 0. The van der Waals surface area contributed by atoms with Crippen molar-refractivity contribution in [2.45, 2.75) is 46.1 Å². The van der Waals surface area contributed by atoms with E-state index in [0.29, 0.717) is 37.5 Å². The standard InChI is InChI=1S/C25H35NO3/c1-18-14-19(2)25(16-28-22(27)15-26-12-8-5-9-13-26)17-29-24(23(18)20(25)3)21-10-6-4-7-11-21/h4,6-7,10-11,14,19-20,23-24H,5,8-9,12-13,15-17H2,1-3H3/t19-,20+,23-,24+,25+/m1/s1. The molecule has 5 atom stereocenters. The largest absolute Gasteiger partial charge is 0.464 e. The van der Waals surface area contributed by atoms with Crippen LogP contribution in [0.3, 0.4) is 0 Å². The fourth-order valence-electron chi connectivity index (χ4n) is 5.76. The maximum atomic E-state index is 12.6. The predicted octanol–water partition coefficient (Wildman–Crippen LogP) is 4.62. The summed E-state index contributed by atoms with van der Waals surface area (Å²) in [5.41, 5.74) is 2.49. The minimum Gasteiger partial charge on any atom is -0.464 e. The van der Waals surface area contributed by atoms with E-state index < -0.39 is 0 Å². The van der Waals surface area contributed by atoms with Gasteiger partial charge in [0.25, 0.3) is 0 Å². The van der Waals surface area contributed by atoms with Gasteiger partial charge in [-0.3, -0.25) is 9.69 Å². The molecule has 2 saturated heterocycles. The highest BCUT2D eigenvalue weighted by Gasteiger charge is 2.54. The van der Waals surface area contributed by atoms with Crippen LogP contribution in [0, 0.1) is 23.2 Å². The number of carbonyl (C=O) groups is 1. The average Bonchev–Trinajstić information content (AvgIpc) is 2.73. The fourth-order valence-corrected chi connectivity index (χ4v) is 5.76. The van der Waals surface area contributed by atoms with Gasteiger partial charge in [0, 0.05) is 11.3 Å². The van der Waals surface area contributed by atoms with Crippen LogP contribution in [0.1, 0.15) is 51.7 Å². The van der Waals surface area contributed by atoms with Crippen molar-refractivity contribution in [2.75, 3.05) is 32.8 Å². The highest BCUT2D eigenvalue weighted by Crippen LogP contribution is 2.56. The van der Waals surface area contributed by atoms with E-state index in [9.17, 15) is 4.79 Å². The van der Waals surface area contributed by atoms with Crippen LogP contribution < -0.4 is 0 Å². The second kappa shape index (κ2) is 8.61. The zero-order valence-corrected chi connectivity index (χ0v) is 18.1. The van der Waals surface area contributed by atoms with Crippen molar-refractivity contribution in [1.82, 2.24) is 4.90 Å². The lowest BCUT2D eigenvalue weighted by atomic mass is 9.56. The first-order chi connectivity index (χ1) is 14.0. The molecule has 29 heavy (non-hydrogen) atoms. The molecule has 2 fully saturated rings. The predicted molar refractivity (Wildman–Crippen MR) is 114 cm³/mol. The molecule has 2 heterocycles. The van der Waals surface area contributed by atoms with Crippen LogP contribution in [0.2, 0.25) is 0 Å². The monoisotopic (exact) mass is 397 g/mol. The van der Waals surface area contributed by atoms with Gasteiger partial charge >= 0.3 is 5.97 Å². The van der Waals surface area contributed by atoms with E-state index in [4.69, 9.17) is 9.47 Å². The number of benzene rings is 1. The molecule has 0 unspecified atom stereocenters. The van der Waals surface area contributed by atoms with Gasteiger partial charge in [0.2, 0.25) is 0 Å². The Morgan fingerprint density at radius 2 is 1.90 bits per heavy atom. The van der Waals surface area contributed by atoms with Crippen molar-refractivity contribution >= 4 is 5.97 Å². The SMILES string of the molecule is CC1=C[C@@H](C)[C@]2(COC(=O)CN3CCCCC3)CO[C@@H](c3ccccc3)[C@H]1[C@@H]2C. The van der Waals surface area contributed by atoms with E-state index >= 15 is 0 Å². The third kappa shape index (κ3) is 4.02. The summed E-state index contributed by atoms with van der Waals surface area (Å²) in [6.07, 6.45) is 6.11. The van der Waals surface area contributed by atoms with Gasteiger partial charge in [0.15, 0.2) is 0 Å². The summed E-state index contributed by atoms with van der Waals surface area (Å²) in [4.78, 5) is 14.8. The van der Waals surface area contributed by atoms with Gasteiger partial charge in [-0.05, 0) is 50.3 Å². The molecule has 0 aromatic heterocycles. The third-order valence-electron chi connectivity index (χ3n) is 7.68. The molecule has 1 aliphatic carbocycles. The fraction of sp³-hybridized carbons (Fsp3) is 0.640. The van der Waals surface area contributed by atoms with Crippen LogP contribution in [-0.2, 0) is 14.3 Å². The van der Waals surface area contributed by atoms with E-state index in [-0.39, 0.29) is 17.5 Å². The molecular weight excluding hydrogens is 362 g/mol. The first kappa shape index (κ1) is 20.6. The number of ether oxygens (including phenoxy) is 2. The summed E-state index contributed by atoms with van der Waals surface area (Å²) >= 11 is 0. The number of esters is 1. The number of nitrogens with zero attached hydrogens (tertiary/aromatic N) is 1. The average molecular weight is 398 g/mol. The quantitative estimate of drug-likeness (QED) is 0.537. The van der Waals surface area contributed by atoms with Crippen LogP contribution in [0.25, 0.3) is 0 Å². The molecule has 2 bridgehead atoms. The van der Waals surface area contributed by atoms with Crippen LogP contribution in [0.5, 0.6) is 0 Å². The summed E-state index contributed by atoms with van der Waals surface area (Å²) in [7, 11) is 0. The van der Waals surface area contributed by atoms with Gasteiger partial charge in [-0.15, -0.1) is 0 Å². The molecule has 158 valence electrons. The normalized spacial score (nSPS) is 35.1. The molecule has 2 aliphatic heterocycles. The Labute approximate surface area is 175 Å². The van der Waals surface area contributed by atoms with Crippen molar-refractivity contribution in [3.8, 4) is 0 Å². The Hall–Kier alpha value is -1.65. The van der Waals surface area contributed by atoms with Gasteiger partial charge in [0.05, 0.1) is 25.9 Å². The second-order valence-electron chi connectivity index (χ2n) is 9.39. The molecule has 4 heteroatoms. The smallest absolute Gasteiger partial charge is 0.320 e. The lowest BCUT2D eigenvalue weighted by Crippen LogP contribution is -2.54. The molecule has 3 aliphatic rings. The van der Waals surface area contributed by atoms with E-state index in [0.717, 1.165) is 13.1 Å². The molecule has 1 aromatic rings. The van der Waals surface area contributed by atoms with Crippen molar-refractivity contribution in [3.05, 3.63) is 47.5 Å². The maximum Gasteiger partial charge on any atom is 0.320 e. The first-order valence-corrected chi connectivity index (χ1v) is 11.2. The van der Waals surface area contributed by atoms with Crippen molar-refractivity contribution in [3.63, 3.8) is 0 Å². The molecule has 4 nitrogen and oxygen atoms in total. The molecule has 0 spiro atoms. The van der Waals surface area contributed by atoms with Crippen LogP contribution >= 0.6 is 0 Å². The number of rotatable bonds is 5. The van der Waals surface area contributed by atoms with E-state index in [2.05, 4.69) is 56.0 Å². The summed E-state index contributed by atoms with van der Waals surface area (Å²) in [5.74, 6) is 0.953. The second-order valence-corrected chi connectivity index (χ2v) is 9.39. The highest BCUT2D eigenvalue weighted by atomic mass is 16.5. The molecule has 0 saturated carbocycles. The van der Waals surface area contributed by atoms with Crippen LogP contribution in [0.4, 0.5) is 0 Å². The molecule has 0 N–H and O–H groups in total. The summed E-state index contributed by atoms with van der Waals surface area (Å²) in [6.45, 7) is 10.3. The Morgan fingerprint density at radius 3 is 2.62 bits per heavy atom. The van der Waals surface area contributed by atoms with Gasteiger partial charge < -0.3 is 9.47 Å². The Bertz CT molecular complexity index is 740.